The van der Waals surface area contributed by atoms with Gasteiger partial charge in [0.2, 0.25) is 0 Å². The van der Waals surface area contributed by atoms with Gasteiger partial charge in [0.15, 0.2) is 0 Å². The van der Waals surface area contributed by atoms with Crippen LogP contribution in [0, 0.1) is 0 Å². The molecule has 2 rings (SSSR count). The van der Waals surface area contributed by atoms with Crippen LogP contribution in [0.2, 0.25) is 0 Å². The van der Waals surface area contributed by atoms with E-state index in [9.17, 15) is 0 Å². The quantitative estimate of drug-likeness (QED) is 0.297. The molecule has 0 amide bonds. The number of hydrogen-bond acceptors (Lipinski definition) is 4. The summed E-state index contributed by atoms with van der Waals surface area (Å²) in [5.74, 6) is 0. The van der Waals surface area contributed by atoms with Crippen LogP contribution in [0.3, 0.4) is 0 Å². The van der Waals surface area contributed by atoms with Gasteiger partial charge in [-0.2, -0.15) is 0 Å². The molecule has 0 aliphatic rings. The minimum atomic E-state index is 0.268. The van der Waals surface area contributed by atoms with Crippen molar-refractivity contribution in [3.05, 3.63) is 71.8 Å². The molecule has 33 heavy (non-hydrogen) atoms. The smallest absolute Gasteiger partial charge is 0.0233 e. The third-order valence-corrected chi connectivity index (χ3v) is 6.25. The van der Waals surface area contributed by atoms with Crippen LogP contribution in [0.15, 0.2) is 60.7 Å². The lowest BCUT2D eigenvalue weighted by Crippen LogP contribution is -2.30. The first-order chi connectivity index (χ1) is 16.0. The Morgan fingerprint density at radius 3 is 1.27 bits per heavy atom. The van der Waals surface area contributed by atoms with E-state index >= 15 is 0 Å². The van der Waals surface area contributed by atoms with Crippen molar-refractivity contribution in [2.45, 2.75) is 84.0 Å². The lowest BCUT2D eigenvalue weighted by atomic mass is 10.1. The van der Waals surface area contributed by atoms with Gasteiger partial charge in [-0.1, -0.05) is 79.9 Å². The number of nitrogens with zero attached hydrogens (tertiary/aromatic N) is 2. The second kappa shape index (κ2) is 16.8. The molecule has 0 heterocycles. The highest BCUT2D eigenvalue weighted by molar-refractivity contribution is 5.15. The molecule has 0 saturated heterocycles. The van der Waals surface area contributed by atoms with Gasteiger partial charge in [0.05, 0.1) is 0 Å². The zero-order valence-electron chi connectivity index (χ0n) is 21.2. The monoisotopic (exact) mass is 452 g/mol. The Morgan fingerprint density at radius 1 is 0.545 bits per heavy atom. The summed E-state index contributed by atoms with van der Waals surface area (Å²) < 4.78 is 0. The van der Waals surface area contributed by atoms with Gasteiger partial charge in [0.1, 0.15) is 0 Å². The van der Waals surface area contributed by atoms with Crippen LogP contribution in [0.1, 0.15) is 69.9 Å². The average Bonchev–Trinajstić information content (AvgIpc) is 2.81. The number of hydrogen-bond donors (Lipinski definition) is 2. The van der Waals surface area contributed by atoms with Crippen LogP contribution in [-0.4, -0.2) is 48.1 Å². The molecule has 2 aromatic carbocycles. The Morgan fingerprint density at radius 2 is 0.909 bits per heavy atom. The summed E-state index contributed by atoms with van der Waals surface area (Å²) in [5.41, 5.74) is 14.8. The first-order valence-corrected chi connectivity index (χ1v) is 13.1. The molecule has 2 aromatic rings. The van der Waals surface area contributed by atoms with Gasteiger partial charge < -0.3 is 11.5 Å². The fourth-order valence-electron chi connectivity index (χ4n) is 4.20. The van der Waals surface area contributed by atoms with Crippen molar-refractivity contribution in [1.82, 2.24) is 9.80 Å². The van der Waals surface area contributed by atoms with Gasteiger partial charge >= 0.3 is 0 Å². The van der Waals surface area contributed by atoms with Gasteiger partial charge in [-0.25, -0.2) is 0 Å². The summed E-state index contributed by atoms with van der Waals surface area (Å²) in [4.78, 5) is 5.16. The summed E-state index contributed by atoms with van der Waals surface area (Å²) in [6.07, 6.45) is 8.59. The Balaban J connectivity index is 1.66. The molecule has 2 atom stereocenters. The van der Waals surface area contributed by atoms with Gasteiger partial charge in [-0.3, -0.25) is 9.80 Å². The predicted molar refractivity (Wildman–Crippen MR) is 143 cm³/mol. The van der Waals surface area contributed by atoms with Crippen LogP contribution >= 0.6 is 0 Å². The van der Waals surface area contributed by atoms with Crippen molar-refractivity contribution in [1.29, 1.82) is 0 Å². The number of unbranched alkanes of at least 4 members (excludes halogenated alkanes) is 4. The fraction of sp³-hybridized carbons (Fsp3) is 0.586. The normalized spacial score (nSPS) is 13.5. The standard InChI is InChI=1S/C29H48N4/c1-26(30)18-22-32(24-28-14-8-6-9-15-28)20-12-4-3-5-13-21-33(23-19-27(2)31)25-29-16-10-7-11-17-29/h6-11,14-17,26-27H,3-5,12-13,18-25,30-31H2,1-2H3. The van der Waals surface area contributed by atoms with Gasteiger partial charge in [-0.15, -0.1) is 0 Å². The third-order valence-electron chi connectivity index (χ3n) is 6.25. The summed E-state index contributed by atoms with van der Waals surface area (Å²) in [6, 6.07) is 22.2. The number of benzene rings is 2. The summed E-state index contributed by atoms with van der Waals surface area (Å²) in [7, 11) is 0. The molecule has 4 nitrogen and oxygen atoms in total. The Kier molecular flexibility index (Phi) is 14.0. The molecule has 0 spiro atoms. The Labute approximate surface area is 203 Å². The van der Waals surface area contributed by atoms with E-state index in [0.717, 1.165) is 52.1 Å². The highest BCUT2D eigenvalue weighted by Gasteiger charge is 2.09. The summed E-state index contributed by atoms with van der Waals surface area (Å²) in [6.45, 7) is 10.8. The maximum Gasteiger partial charge on any atom is 0.0233 e. The predicted octanol–water partition coefficient (Wildman–Crippen LogP) is 5.42. The van der Waals surface area contributed by atoms with E-state index in [2.05, 4.69) is 84.3 Å². The maximum absolute atomic E-state index is 6.02. The van der Waals surface area contributed by atoms with Crippen molar-refractivity contribution in [3.63, 3.8) is 0 Å². The Hall–Kier alpha value is -1.72. The highest BCUT2D eigenvalue weighted by Crippen LogP contribution is 2.12. The number of nitrogens with two attached hydrogens (primary N) is 2. The second-order valence-corrected chi connectivity index (χ2v) is 9.82. The van der Waals surface area contributed by atoms with Crippen LogP contribution < -0.4 is 11.5 Å². The molecular weight excluding hydrogens is 404 g/mol. The van der Waals surface area contributed by atoms with Crippen LogP contribution in [-0.2, 0) is 13.1 Å². The van der Waals surface area contributed by atoms with E-state index in [0.29, 0.717) is 0 Å². The first-order valence-electron chi connectivity index (χ1n) is 13.1. The topological polar surface area (TPSA) is 58.5 Å². The fourth-order valence-corrected chi connectivity index (χ4v) is 4.20. The summed E-state index contributed by atoms with van der Waals surface area (Å²) >= 11 is 0. The largest absolute Gasteiger partial charge is 0.328 e. The maximum atomic E-state index is 6.02. The van der Waals surface area contributed by atoms with Crippen molar-refractivity contribution >= 4 is 0 Å². The van der Waals surface area contributed by atoms with Crippen molar-refractivity contribution < 1.29 is 0 Å². The van der Waals surface area contributed by atoms with Crippen LogP contribution in [0.5, 0.6) is 0 Å². The average molecular weight is 453 g/mol. The highest BCUT2D eigenvalue weighted by atomic mass is 15.1. The minimum absolute atomic E-state index is 0.268. The lowest BCUT2D eigenvalue weighted by molar-refractivity contribution is 0.244. The molecular formula is C29H48N4. The molecule has 0 fully saturated rings. The third kappa shape index (κ3) is 13.5. The van der Waals surface area contributed by atoms with E-state index in [4.69, 9.17) is 11.5 Å². The van der Waals surface area contributed by atoms with Crippen LogP contribution in [0.4, 0.5) is 0 Å². The molecule has 0 aliphatic heterocycles. The second-order valence-electron chi connectivity index (χ2n) is 9.82. The Bertz CT molecular complexity index is 641. The molecule has 0 bridgehead atoms. The molecule has 0 aromatic heterocycles. The zero-order valence-corrected chi connectivity index (χ0v) is 21.2. The van der Waals surface area contributed by atoms with E-state index in [1.807, 2.05) is 0 Å². The van der Waals surface area contributed by atoms with Gasteiger partial charge in [-0.05, 0) is 76.8 Å². The van der Waals surface area contributed by atoms with Crippen molar-refractivity contribution in [2.24, 2.45) is 11.5 Å². The van der Waals surface area contributed by atoms with E-state index in [1.165, 1.54) is 43.2 Å². The molecule has 0 radical (unpaired) electrons. The van der Waals surface area contributed by atoms with E-state index in [1.54, 1.807) is 0 Å². The molecule has 4 N–H and O–H groups in total. The van der Waals surface area contributed by atoms with E-state index in [-0.39, 0.29) is 12.1 Å². The first kappa shape index (κ1) is 27.5. The van der Waals surface area contributed by atoms with E-state index < -0.39 is 0 Å². The number of rotatable bonds is 18. The molecule has 0 aliphatic carbocycles. The molecule has 2 unspecified atom stereocenters. The SMILES string of the molecule is CC(N)CCN(CCCCCCCN(CCC(C)N)Cc1ccccc1)Cc1ccccc1. The van der Waals surface area contributed by atoms with Crippen LogP contribution in [0.25, 0.3) is 0 Å². The zero-order chi connectivity index (χ0) is 23.7. The summed E-state index contributed by atoms with van der Waals surface area (Å²) in [5, 5.41) is 0. The lowest BCUT2D eigenvalue weighted by Gasteiger charge is -2.24. The van der Waals surface area contributed by atoms with Crippen molar-refractivity contribution in [3.8, 4) is 0 Å². The molecule has 0 saturated carbocycles. The minimum Gasteiger partial charge on any atom is -0.328 e. The molecule has 4 heteroatoms. The molecule has 184 valence electrons. The van der Waals surface area contributed by atoms with Gasteiger partial charge in [0, 0.05) is 25.2 Å². The van der Waals surface area contributed by atoms with Gasteiger partial charge in [0.25, 0.3) is 0 Å². The van der Waals surface area contributed by atoms with Crippen molar-refractivity contribution in [2.75, 3.05) is 26.2 Å².